The highest BCUT2D eigenvalue weighted by atomic mass is 35.5. The maximum atomic E-state index is 12.8. The molecule has 6 nitrogen and oxygen atoms in total. The number of benzene rings is 1. The van der Waals surface area contributed by atoms with Crippen LogP contribution in [0.3, 0.4) is 0 Å². The minimum Gasteiger partial charge on any atom is -1.00 e. The van der Waals surface area contributed by atoms with Crippen molar-refractivity contribution in [1.82, 2.24) is 9.55 Å². The summed E-state index contributed by atoms with van der Waals surface area (Å²) in [6.07, 6.45) is 5.10. The van der Waals surface area contributed by atoms with Crippen molar-refractivity contribution in [3.05, 3.63) is 64.5 Å². The van der Waals surface area contributed by atoms with E-state index in [2.05, 4.69) is 30.4 Å². The van der Waals surface area contributed by atoms with Gasteiger partial charge in [-0.3, -0.25) is 14.3 Å². The van der Waals surface area contributed by atoms with Gasteiger partial charge in [0.15, 0.2) is 0 Å². The number of carbonyl (C=O) groups excluding carboxylic acids is 1. The molecule has 1 N–H and O–H groups in total. The van der Waals surface area contributed by atoms with E-state index in [1.54, 1.807) is 11.5 Å². The van der Waals surface area contributed by atoms with E-state index in [1.165, 1.54) is 6.20 Å². The van der Waals surface area contributed by atoms with Crippen LogP contribution in [0.5, 0.6) is 0 Å². The Hall–Kier alpha value is -2.44. The molecule has 2 aromatic rings. The number of esters is 1. The Balaban J connectivity index is 0.00000261. The van der Waals surface area contributed by atoms with E-state index >= 15 is 0 Å². The lowest BCUT2D eigenvalue weighted by Gasteiger charge is -2.26. The summed E-state index contributed by atoms with van der Waals surface area (Å²) < 4.78 is 6.60. The molecule has 0 amide bonds. The largest absolute Gasteiger partial charge is 1.00 e. The molecule has 3 rings (SSSR count). The Morgan fingerprint density at radius 1 is 1.37 bits per heavy atom. The van der Waals surface area contributed by atoms with E-state index in [-0.39, 0.29) is 36.2 Å². The van der Waals surface area contributed by atoms with Gasteiger partial charge in [0, 0.05) is 17.8 Å². The third-order valence-electron chi connectivity index (χ3n) is 4.67. The predicted molar refractivity (Wildman–Crippen MR) is 99.4 cm³/mol. The molecular weight excluding hydrogens is 366 g/mol. The Bertz CT molecular complexity index is 893. The van der Waals surface area contributed by atoms with Crippen molar-refractivity contribution in [2.24, 2.45) is 0 Å². The molecule has 1 aromatic heterocycles. The van der Waals surface area contributed by atoms with Crippen LogP contribution >= 0.6 is 0 Å². The maximum absolute atomic E-state index is 12.8. The summed E-state index contributed by atoms with van der Waals surface area (Å²) in [5, 5.41) is 0. The predicted octanol–water partition coefficient (Wildman–Crippen LogP) is -1.03. The number of ether oxygens (including phenoxy) is 1. The molecule has 0 aliphatic carbocycles. The summed E-state index contributed by atoms with van der Waals surface area (Å²) in [6, 6.07) is 10.1. The highest BCUT2D eigenvalue weighted by molar-refractivity contribution is 5.88. The van der Waals surface area contributed by atoms with Gasteiger partial charge in [-0.15, -0.1) is 0 Å². The average Bonchev–Trinajstić information content (AvgIpc) is 2.64. The van der Waals surface area contributed by atoms with Gasteiger partial charge in [0.05, 0.1) is 13.7 Å². The number of nitrogens with zero attached hydrogens (tertiary/aromatic N) is 2. The molecule has 2 atom stereocenters. The van der Waals surface area contributed by atoms with Gasteiger partial charge in [0.1, 0.15) is 23.3 Å². The molecule has 0 saturated heterocycles. The van der Waals surface area contributed by atoms with Gasteiger partial charge in [-0.05, 0) is 38.8 Å². The molecule has 27 heavy (non-hydrogen) atoms. The molecule has 0 spiro atoms. The number of hydrogen-bond donors (Lipinski definition) is 1. The second-order valence-electron chi connectivity index (χ2n) is 6.50. The summed E-state index contributed by atoms with van der Waals surface area (Å²) in [5.74, 6) is 0.0210. The second kappa shape index (κ2) is 8.97. The summed E-state index contributed by atoms with van der Waals surface area (Å²) in [7, 11) is 2.05. The van der Waals surface area contributed by atoms with E-state index in [9.17, 15) is 9.59 Å². The molecule has 1 aromatic carbocycles. The average molecular weight is 390 g/mol. The number of allylic oxidation sites excluding steroid dienone is 1. The molecule has 0 bridgehead atoms. The lowest BCUT2D eigenvalue weighted by atomic mass is 10.00. The molecule has 0 saturated carbocycles. The van der Waals surface area contributed by atoms with Crippen molar-refractivity contribution in [1.29, 1.82) is 0 Å². The van der Waals surface area contributed by atoms with Crippen LogP contribution in [0.2, 0.25) is 0 Å². The second-order valence-corrected chi connectivity index (χ2v) is 6.50. The van der Waals surface area contributed by atoms with E-state index in [0.29, 0.717) is 5.82 Å². The van der Waals surface area contributed by atoms with Crippen molar-refractivity contribution in [2.75, 3.05) is 13.7 Å². The monoisotopic (exact) mass is 389 g/mol. The van der Waals surface area contributed by atoms with Crippen LogP contribution < -0.4 is 22.9 Å². The summed E-state index contributed by atoms with van der Waals surface area (Å²) in [4.78, 5) is 30.4. The standard InChI is InChI=1S/C20H23N3O3.ClH/c1-4-26-20(25)17-12-21-18-15(11-10-14(2)23(18)19(17)24)13-22(3)16-8-6-5-7-9-16;/h5-9,12-14H,4,10-11H2,1-3H3;1H. The van der Waals surface area contributed by atoms with Gasteiger partial charge in [-0.25, -0.2) is 9.78 Å². The Labute approximate surface area is 164 Å². The van der Waals surface area contributed by atoms with Crippen molar-refractivity contribution >= 4 is 17.2 Å². The molecular formula is C20H24ClN3O3. The third-order valence-corrected chi connectivity index (χ3v) is 4.67. The van der Waals surface area contributed by atoms with Crippen LogP contribution in [0, 0.1) is 0 Å². The number of halogens is 1. The van der Waals surface area contributed by atoms with Gasteiger partial charge in [-0.1, -0.05) is 18.2 Å². The SMILES string of the molecule is CCOC(=O)c1cnc2n(c1=O)C(C)CCC2=C[NH+](C)c1ccccc1.[Cl-]. The van der Waals surface area contributed by atoms with Crippen LogP contribution in [0.4, 0.5) is 5.69 Å². The van der Waals surface area contributed by atoms with Gasteiger partial charge in [0.2, 0.25) is 0 Å². The highest BCUT2D eigenvalue weighted by Crippen LogP contribution is 2.29. The van der Waals surface area contributed by atoms with Crippen molar-refractivity contribution in [3.63, 3.8) is 0 Å². The number of nitrogens with one attached hydrogen (secondary N) is 1. The normalized spacial score (nSPS) is 18.3. The molecule has 0 radical (unpaired) electrons. The fraction of sp³-hybridized carbons (Fsp3) is 0.350. The first kappa shape index (κ1) is 20.9. The van der Waals surface area contributed by atoms with Gasteiger partial charge >= 0.3 is 5.97 Å². The molecule has 2 heterocycles. The molecule has 2 unspecified atom stereocenters. The topological polar surface area (TPSA) is 65.6 Å². The first-order chi connectivity index (χ1) is 12.5. The van der Waals surface area contributed by atoms with Gasteiger partial charge < -0.3 is 17.1 Å². The van der Waals surface area contributed by atoms with Crippen molar-refractivity contribution in [3.8, 4) is 0 Å². The maximum Gasteiger partial charge on any atom is 0.345 e. The minimum atomic E-state index is -0.615. The minimum absolute atomic E-state index is 0. The Kier molecular flexibility index (Phi) is 6.93. The lowest BCUT2D eigenvalue weighted by Crippen LogP contribution is -3.00. The first-order valence-electron chi connectivity index (χ1n) is 8.91. The highest BCUT2D eigenvalue weighted by Gasteiger charge is 2.27. The van der Waals surface area contributed by atoms with E-state index < -0.39 is 5.97 Å². The molecule has 7 heteroatoms. The van der Waals surface area contributed by atoms with Crippen LogP contribution in [0.15, 0.2) is 47.5 Å². The smallest absolute Gasteiger partial charge is 0.345 e. The molecule has 1 aliphatic heterocycles. The molecule has 144 valence electrons. The zero-order valence-electron chi connectivity index (χ0n) is 15.7. The van der Waals surface area contributed by atoms with Gasteiger partial charge in [0.25, 0.3) is 5.56 Å². The number of fused-ring (bicyclic) bond motifs is 1. The number of carbonyl (C=O) groups is 1. The summed E-state index contributed by atoms with van der Waals surface area (Å²) in [6.45, 7) is 3.92. The number of rotatable bonds is 4. The van der Waals surface area contributed by atoms with Crippen LogP contribution in [0.1, 0.15) is 48.9 Å². The Morgan fingerprint density at radius 2 is 2.07 bits per heavy atom. The molecule has 0 fully saturated rings. The zero-order valence-corrected chi connectivity index (χ0v) is 16.5. The number of hydrogen-bond acceptors (Lipinski definition) is 4. The number of quaternary nitrogens is 1. The fourth-order valence-electron chi connectivity index (χ4n) is 3.25. The van der Waals surface area contributed by atoms with E-state index in [1.807, 2.05) is 25.1 Å². The fourth-order valence-corrected chi connectivity index (χ4v) is 3.25. The van der Waals surface area contributed by atoms with Crippen LogP contribution in [0.25, 0.3) is 5.57 Å². The van der Waals surface area contributed by atoms with Crippen molar-refractivity contribution < 1.29 is 26.8 Å². The molecule has 1 aliphatic rings. The summed E-state index contributed by atoms with van der Waals surface area (Å²) >= 11 is 0. The third kappa shape index (κ3) is 4.28. The van der Waals surface area contributed by atoms with Crippen LogP contribution in [-0.2, 0) is 4.74 Å². The number of para-hydroxylation sites is 1. The van der Waals surface area contributed by atoms with E-state index in [0.717, 1.165) is 29.0 Å². The first-order valence-corrected chi connectivity index (χ1v) is 8.91. The van der Waals surface area contributed by atoms with Crippen molar-refractivity contribution in [2.45, 2.75) is 32.7 Å². The van der Waals surface area contributed by atoms with Gasteiger partial charge in [-0.2, -0.15) is 0 Å². The van der Waals surface area contributed by atoms with E-state index in [4.69, 9.17) is 4.74 Å². The lowest BCUT2D eigenvalue weighted by molar-refractivity contribution is -0.749. The zero-order chi connectivity index (χ0) is 18.7. The summed E-state index contributed by atoms with van der Waals surface area (Å²) in [5.41, 5.74) is 1.81. The number of aromatic nitrogens is 2. The quantitative estimate of drug-likeness (QED) is 0.679. The van der Waals surface area contributed by atoms with Crippen LogP contribution in [-0.4, -0.2) is 29.2 Å². The Morgan fingerprint density at radius 3 is 2.74 bits per heavy atom.